The highest BCUT2D eigenvalue weighted by Gasteiger charge is 2.25. The maximum Gasteiger partial charge on any atom is 0.254 e. The van der Waals surface area contributed by atoms with E-state index < -0.39 is 0 Å². The number of hydrogen-bond donors (Lipinski definition) is 1. The zero-order valence-corrected chi connectivity index (χ0v) is 10.7. The van der Waals surface area contributed by atoms with Gasteiger partial charge in [-0.1, -0.05) is 6.07 Å². The first kappa shape index (κ1) is 11.8. The molecule has 5 heteroatoms. The van der Waals surface area contributed by atoms with Crippen molar-refractivity contribution in [1.29, 1.82) is 0 Å². The van der Waals surface area contributed by atoms with E-state index in [0.717, 1.165) is 10.9 Å². The molecule has 1 fully saturated rings. The number of carbonyl (C=O) groups excluding carboxylic acids is 2. The second-order valence-corrected chi connectivity index (χ2v) is 4.82. The number of amides is 2. The molecular formula is C14H15N3O2. The van der Waals surface area contributed by atoms with Gasteiger partial charge in [0.2, 0.25) is 5.91 Å². The summed E-state index contributed by atoms with van der Waals surface area (Å²) in [5.41, 5.74) is 1.55. The predicted molar refractivity (Wildman–Crippen MR) is 71.8 cm³/mol. The Labute approximate surface area is 110 Å². The van der Waals surface area contributed by atoms with Crippen molar-refractivity contribution in [3.63, 3.8) is 0 Å². The molecule has 19 heavy (non-hydrogen) atoms. The molecular weight excluding hydrogens is 242 g/mol. The summed E-state index contributed by atoms with van der Waals surface area (Å²) in [6.07, 6.45) is 1.85. The Morgan fingerprint density at radius 1 is 1.26 bits per heavy atom. The Bertz CT molecular complexity index is 647. The Balaban J connectivity index is 1.85. The highest BCUT2D eigenvalue weighted by molar-refractivity contribution is 5.99. The van der Waals surface area contributed by atoms with Crippen molar-refractivity contribution in [2.75, 3.05) is 26.7 Å². The fourth-order valence-electron chi connectivity index (χ4n) is 2.30. The Morgan fingerprint density at radius 3 is 2.89 bits per heavy atom. The lowest BCUT2D eigenvalue weighted by Gasteiger charge is -2.32. The second kappa shape index (κ2) is 4.42. The summed E-state index contributed by atoms with van der Waals surface area (Å²) < 4.78 is 0. The molecule has 0 aliphatic carbocycles. The molecule has 1 aliphatic heterocycles. The van der Waals surface area contributed by atoms with Crippen molar-refractivity contribution in [2.24, 2.45) is 0 Å². The van der Waals surface area contributed by atoms with Crippen LogP contribution in [0.15, 0.2) is 30.5 Å². The summed E-state index contributed by atoms with van der Waals surface area (Å²) in [6, 6.07) is 7.52. The van der Waals surface area contributed by atoms with E-state index in [1.807, 2.05) is 24.4 Å². The largest absolute Gasteiger partial charge is 0.361 e. The smallest absolute Gasteiger partial charge is 0.254 e. The van der Waals surface area contributed by atoms with Crippen LogP contribution < -0.4 is 0 Å². The number of carbonyl (C=O) groups is 2. The van der Waals surface area contributed by atoms with Gasteiger partial charge in [-0.05, 0) is 23.6 Å². The SMILES string of the molecule is CN1CCN(C(=O)c2ccc3cc[nH]c3c2)CC1=O. The van der Waals surface area contributed by atoms with Crippen LogP contribution in [0.5, 0.6) is 0 Å². The van der Waals surface area contributed by atoms with Crippen LogP contribution in [0.3, 0.4) is 0 Å². The molecule has 98 valence electrons. The lowest BCUT2D eigenvalue weighted by Crippen LogP contribution is -2.50. The molecule has 0 spiro atoms. The Hall–Kier alpha value is -2.30. The van der Waals surface area contributed by atoms with Crippen LogP contribution in [0.25, 0.3) is 10.9 Å². The molecule has 2 amide bonds. The number of aromatic amines is 1. The number of benzene rings is 1. The van der Waals surface area contributed by atoms with Crippen LogP contribution in [0, 0.1) is 0 Å². The molecule has 1 aromatic heterocycles. The van der Waals surface area contributed by atoms with Gasteiger partial charge in [0.05, 0.1) is 0 Å². The number of hydrogen-bond acceptors (Lipinski definition) is 2. The minimum absolute atomic E-state index is 0.0134. The molecule has 1 aliphatic rings. The lowest BCUT2D eigenvalue weighted by atomic mass is 10.1. The number of nitrogens with one attached hydrogen (secondary N) is 1. The number of H-pyrrole nitrogens is 1. The van der Waals surface area contributed by atoms with E-state index in [9.17, 15) is 9.59 Å². The molecule has 3 rings (SSSR count). The molecule has 0 unspecified atom stereocenters. The van der Waals surface area contributed by atoms with Gasteiger partial charge in [-0.15, -0.1) is 0 Å². The zero-order valence-electron chi connectivity index (χ0n) is 10.7. The average Bonchev–Trinajstić information content (AvgIpc) is 2.88. The van der Waals surface area contributed by atoms with Crippen LogP contribution in [0.4, 0.5) is 0 Å². The van der Waals surface area contributed by atoms with Crippen LogP contribution in [-0.2, 0) is 4.79 Å². The molecule has 2 heterocycles. The normalized spacial score (nSPS) is 16.2. The summed E-state index contributed by atoms with van der Waals surface area (Å²) in [5.74, 6) is -0.0986. The highest BCUT2D eigenvalue weighted by Crippen LogP contribution is 2.16. The van der Waals surface area contributed by atoms with Crippen LogP contribution in [-0.4, -0.2) is 53.3 Å². The van der Waals surface area contributed by atoms with E-state index in [-0.39, 0.29) is 18.4 Å². The quantitative estimate of drug-likeness (QED) is 0.831. The van der Waals surface area contributed by atoms with E-state index in [1.165, 1.54) is 0 Å². The van der Waals surface area contributed by atoms with Gasteiger partial charge in [0.15, 0.2) is 0 Å². The summed E-state index contributed by atoms with van der Waals surface area (Å²) >= 11 is 0. The Kier molecular flexibility index (Phi) is 2.74. The minimum Gasteiger partial charge on any atom is -0.361 e. The predicted octanol–water partition coefficient (Wildman–Crippen LogP) is 1.08. The summed E-state index contributed by atoms with van der Waals surface area (Å²) in [7, 11) is 1.76. The first-order chi connectivity index (χ1) is 9.15. The number of likely N-dealkylation sites (N-methyl/N-ethyl adjacent to an activating group) is 1. The van der Waals surface area contributed by atoms with Gasteiger partial charge in [-0.3, -0.25) is 9.59 Å². The highest BCUT2D eigenvalue weighted by atomic mass is 16.2. The van der Waals surface area contributed by atoms with E-state index in [1.54, 1.807) is 22.9 Å². The van der Waals surface area contributed by atoms with E-state index >= 15 is 0 Å². The Morgan fingerprint density at radius 2 is 2.11 bits per heavy atom. The van der Waals surface area contributed by atoms with Gasteiger partial charge in [0.1, 0.15) is 6.54 Å². The number of rotatable bonds is 1. The third kappa shape index (κ3) is 2.07. The zero-order chi connectivity index (χ0) is 13.4. The van der Waals surface area contributed by atoms with Crippen LogP contribution >= 0.6 is 0 Å². The monoisotopic (exact) mass is 257 g/mol. The molecule has 1 N–H and O–H groups in total. The second-order valence-electron chi connectivity index (χ2n) is 4.82. The molecule has 5 nitrogen and oxygen atoms in total. The minimum atomic E-state index is -0.0852. The maximum absolute atomic E-state index is 12.4. The molecule has 2 aromatic rings. The van der Waals surface area contributed by atoms with Crippen molar-refractivity contribution in [3.8, 4) is 0 Å². The van der Waals surface area contributed by atoms with Gasteiger partial charge in [-0.2, -0.15) is 0 Å². The molecule has 0 atom stereocenters. The van der Waals surface area contributed by atoms with Crippen molar-refractivity contribution in [3.05, 3.63) is 36.0 Å². The molecule has 0 saturated carbocycles. The molecule has 1 saturated heterocycles. The van der Waals surface area contributed by atoms with Crippen molar-refractivity contribution in [1.82, 2.24) is 14.8 Å². The van der Waals surface area contributed by atoms with Gasteiger partial charge in [-0.25, -0.2) is 0 Å². The number of nitrogens with zero attached hydrogens (tertiary/aromatic N) is 2. The van der Waals surface area contributed by atoms with E-state index in [2.05, 4.69) is 4.98 Å². The third-order valence-electron chi connectivity index (χ3n) is 3.55. The molecule has 0 radical (unpaired) electrons. The fraction of sp³-hybridized carbons (Fsp3) is 0.286. The van der Waals surface area contributed by atoms with Crippen LogP contribution in [0.1, 0.15) is 10.4 Å². The first-order valence-corrected chi connectivity index (χ1v) is 6.25. The molecule has 0 bridgehead atoms. The van der Waals surface area contributed by atoms with Crippen molar-refractivity contribution >= 4 is 22.7 Å². The first-order valence-electron chi connectivity index (χ1n) is 6.25. The summed E-state index contributed by atoms with van der Waals surface area (Å²) in [5, 5.41) is 1.08. The number of aromatic nitrogens is 1. The van der Waals surface area contributed by atoms with Gasteiger partial charge >= 0.3 is 0 Å². The van der Waals surface area contributed by atoms with Gasteiger partial charge in [0, 0.05) is 37.4 Å². The summed E-state index contributed by atoms with van der Waals surface area (Å²) in [4.78, 5) is 30.3. The van der Waals surface area contributed by atoms with Crippen molar-refractivity contribution < 1.29 is 9.59 Å². The van der Waals surface area contributed by atoms with E-state index in [4.69, 9.17) is 0 Å². The summed E-state index contributed by atoms with van der Waals surface area (Å²) in [6.45, 7) is 1.34. The molecule has 1 aromatic carbocycles. The van der Waals surface area contributed by atoms with Gasteiger partial charge < -0.3 is 14.8 Å². The standard InChI is InChI=1S/C14H15N3O2/c1-16-6-7-17(9-13(16)18)14(19)11-3-2-10-4-5-15-12(10)8-11/h2-5,8,15H,6-7,9H2,1H3. The van der Waals surface area contributed by atoms with Gasteiger partial charge in [0.25, 0.3) is 5.91 Å². The fourth-order valence-corrected chi connectivity index (χ4v) is 2.30. The third-order valence-corrected chi connectivity index (χ3v) is 3.55. The lowest BCUT2D eigenvalue weighted by molar-refractivity contribution is -0.133. The number of fused-ring (bicyclic) bond motifs is 1. The van der Waals surface area contributed by atoms with Crippen LogP contribution in [0.2, 0.25) is 0 Å². The topological polar surface area (TPSA) is 56.4 Å². The number of piperazine rings is 1. The van der Waals surface area contributed by atoms with Crippen molar-refractivity contribution in [2.45, 2.75) is 0 Å². The maximum atomic E-state index is 12.4. The average molecular weight is 257 g/mol. The van der Waals surface area contributed by atoms with E-state index in [0.29, 0.717) is 18.7 Å².